The van der Waals surface area contributed by atoms with Gasteiger partial charge in [0.05, 0.1) is 22.0 Å². The van der Waals surface area contributed by atoms with Gasteiger partial charge in [-0.1, -0.05) is 11.8 Å². The van der Waals surface area contributed by atoms with Crippen molar-refractivity contribution in [2.24, 2.45) is 7.05 Å². The number of aryl methyl sites for hydroxylation is 1. The predicted octanol–water partition coefficient (Wildman–Crippen LogP) is 3.29. The predicted molar refractivity (Wildman–Crippen MR) is 122 cm³/mol. The summed E-state index contributed by atoms with van der Waals surface area (Å²) in [6.45, 7) is 4.75. The van der Waals surface area contributed by atoms with Crippen LogP contribution in [0.25, 0.3) is 11.4 Å². The largest absolute Gasteiger partial charge is 0.469 e. The van der Waals surface area contributed by atoms with Gasteiger partial charge in [-0.15, -0.1) is 10.2 Å². The topological polar surface area (TPSA) is 110 Å². The van der Waals surface area contributed by atoms with E-state index in [0.717, 1.165) is 24.2 Å². The van der Waals surface area contributed by atoms with E-state index in [1.807, 2.05) is 24.6 Å². The Hall–Kier alpha value is -2.63. The molecule has 1 N–H and O–H groups in total. The van der Waals surface area contributed by atoms with Crippen molar-refractivity contribution in [3.63, 3.8) is 0 Å². The van der Waals surface area contributed by atoms with E-state index in [0.29, 0.717) is 29.8 Å². The molecule has 0 aliphatic carbocycles. The van der Waals surface area contributed by atoms with E-state index >= 15 is 0 Å². The first kappa shape index (κ1) is 22.6. The van der Waals surface area contributed by atoms with Gasteiger partial charge in [-0.2, -0.15) is 4.31 Å². The molecule has 170 valence electrons. The highest BCUT2D eigenvalue weighted by molar-refractivity contribution is 8.00. The zero-order chi connectivity index (χ0) is 22.9. The number of furan rings is 1. The molecule has 2 aromatic heterocycles. The van der Waals surface area contributed by atoms with Gasteiger partial charge in [0.25, 0.3) is 0 Å². The first-order valence-electron chi connectivity index (χ1n) is 10.3. The number of nitrogens with zero attached hydrogens (tertiary/aromatic N) is 4. The number of sulfonamides is 1. The zero-order valence-electron chi connectivity index (χ0n) is 18.1. The molecule has 4 rings (SSSR count). The molecule has 32 heavy (non-hydrogen) atoms. The van der Waals surface area contributed by atoms with Crippen LogP contribution in [0, 0.1) is 6.92 Å². The van der Waals surface area contributed by atoms with E-state index in [-0.39, 0.29) is 10.8 Å². The van der Waals surface area contributed by atoms with Crippen LogP contribution in [-0.4, -0.2) is 51.7 Å². The molecule has 1 amide bonds. The van der Waals surface area contributed by atoms with E-state index in [4.69, 9.17) is 4.42 Å². The molecule has 11 heteroatoms. The lowest BCUT2D eigenvalue weighted by molar-refractivity contribution is -0.115. The second kappa shape index (κ2) is 9.08. The number of carbonyl (C=O) groups is 1. The fourth-order valence-corrected chi connectivity index (χ4v) is 5.84. The van der Waals surface area contributed by atoms with Crippen LogP contribution in [0.5, 0.6) is 0 Å². The SMILES string of the molecule is Cc1occc1-c1nnc(S[C@@H](C)C(=O)Nc2ccc(S(=O)(=O)N3CCCC3)cc2)n1C. The summed E-state index contributed by atoms with van der Waals surface area (Å²) in [6, 6.07) is 8.12. The maximum absolute atomic E-state index is 12.7. The highest BCUT2D eigenvalue weighted by Crippen LogP contribution is 2.28. The van der Waals surface area contributed by atoms with Crippen molar-refractivity contribution >= 4 is 33.4 Å². The monoisotopic (exact) mass is 475 g/mol. The second-order valence-corrected chi connectivity index (χ2v) is 10.9. The third kappa shape index (κ3) is 4.45. The van der Waals surface area contributed by atoms with Crippen LogP contribution in [0.1, 0.15) is 25.5 Å². The minimum absolute atomic E-state index is 0.214. The van der Waals surface area contributed by atoms with Gasteiger partial charge >= 0.3 is 0 Å². The minimum Gasteiger partial charge on any atom is -0.469 e. The van der Waals surface area contributed by atoms with Gasteiger partial charge in [0.2, 0.25) is 15.9 Å². The van der Waals surface area contributed by atoms with E-state index in [2.05, 4.69) is 15.5 Å². The van der Waals surface area contributed by atoms with Crippen molar-refractivity contribution < 1.29 is 17.6 Å². The summed E-state index contributed by atoms with van der Waals surface area (Å²) >= 11 is 1.29. The van der Waals surface area contributed by atoms with Crippen LogP contribution in [0.2, 0.25) is 0 Å². The fourth-order valence-electron chi connectivity index (χ4n) is 3.51. The highest BCUT2D eigenvalue weighted by Gasteiger charge is 2.27. The van der Waals surface area contributed by atoms with Crippen LogP contribution in [-0.2, 0) is 21.9 Å². The lowest BCUT2D eigenvalue weighted by Gasteiger charge is -2.16. The third-order valence-electron chi connectivity index (χ3n) is 5.41. The molecule has 0 radical (unpaired) electrons. The lowest BCUT2D eigenvalue weighted by Crippen LogP contribution is -2.27. The first-order chi connectivity index (χ1) is 15.3. The van der Waals surface area contributed by atoms with Gasteiger partial charge in [0.1, 0.15) is 5.76 Å². The Balaban J connectivity index is 1.40. The maximum Gasteiger partial charge on any atom is 0.243 e. The fraction of sp³-hybridized carbons (Fsp3) is 0.381. The molecular weight excluding hydrogens is 450 g/mol. The van der Waals surface area contributed by atoms with Crippen molar-refractivity contribution in [2.75, 3.05) is 18.4 Å². The Morgan fingerprint density at radius 2 is 1.84 bits per heavy atom. The first-order valence-corrected chi connectivity index (χ1v) is 12.6. The van der Waals surface area contributed by atoms with Gasteiger partial charge in [0.15, 0.2) is 11.0 Å². The van der Waals surface area contributed by atoms with Crippen molar-refractivity contribution in [1.82, 2.24) is 19.1 Å². The summed E-state index contributed by atoms with van der Waals surface area (Å²) < 4.78 is 33.9. The third-order valence-corrected chi connectivity index (χ3v) is 8.46. The molecule has 3 aromatic rings. The van der Waals surface area contributed by atoms with E-state index in [1.165, 1.54) is 28.2 Å². The summed E-state index contributed by atoms with van der Waals surface area (Å²) in [5, 5.41) is 11.4. The highest BCUT2D eigenvalue weighted by atomic mass is 32.2. The standard InChI is InChI=1S/C21H25N5O4S2/c1-14-18(10-13-30-14)19-23-24-21(25(19)3)31-15(2)20(27)22-16-6-8-17(9-7-16)32(28,29)26-11-4-5-12-26/h6-10,13,15H,4-5,11-12H2,1-3H3,(H,22,27)/t15-/m0/s1. The van der Waals surface area contributed by atoms with Gasteiger partial charge < -0.3 is 14.3 Å². The van der Waals surface area contributed by atoms with Crippen LogP contribution < -0.4 is 5.32 Å². The molecule has 9 nitrogen and oxygen atoms in total. The summed E-state index contributed by atoms with van der Waals surface area (Å²) in [5.41, 5.74) is 1.39. The van der Waals surface area contributed by atoms with E-state index < -0.39 is 15.3 Å². The van der Waals surface area contributed by atoms with Crippen molar-refractivity contribution in [1.29, 1.82) is 0 Å². The number of anilines is 1. The molecule has 1 fully saturated rings. The minimum atomic E-state index is -3.47. The Morgan fingerprint density at radius 1 is 1.16 bits per heavy atom. The number of carbonyl (C=O) groups excluding carboxylic acids is 1. The number of thioether (sulfide) groups is 1. The lowest BCUT2D eigenvalue weighted by atomic mass is 10.2. The van der Waals surface area contributed by atoms with Gasteiger partial charge in [-0.3, -0.25) is 4.79 Å². The average molecular weight is 476 g/mol. The number of aromatic nitrogens is 3. The van der Waals surface area contributed by atoms with Gasteiger partial charge in [-0.25, -0.2) is 8.42 Å². The van der Waals surface area contributed by atoms with Crippen molar-refractivity contribution in [2.45, 2.75) is 42.0 Å². The Kier molecular flexibility index (Phi) is 6.40. The maximum atomic E-state index is 12.7. The van der Waals surface area contributed by atoms with Gasteiger partial charge in [-0.05, 0) is 57.0 Å². The molecule has 0 unspecified atom stereocenters. The summed E-state index contributed by atoms with van der Waals surface area (Å²) in [6.07, 6.45) is 3.37. The molecule has 3 heterocycles. The molecule has 1 aliphatic rings. The normalized spacial score (nSPS) is 15.7. The molecule has 1 aliphatic heterocycles. The van der Waals surface area contributed by atoms with Crippen LogP contribution in [0.3, 0.4) is 0 Å². The van der Waals surface area contributed by atoms with Crippen LogP contribution >= 0.6 is 11.8 Å². The summed E-state index contributed by atoms with van der Waals surface area (Å²) in [7, 11) is -1.63. The molecule has 0 spiro atoms. The average Bonchev–Trinajstić information content (AvgIpc) is 3.51. The Morgan fingerprint density at radius 3 is 2.47 bits per heavy atom. The Labute approximate surface area is 191 Å². The molecule has 1 saturated heterocycles. The van der Waals surface area contributed by atoms with Crippen LogP contribution in [0.15, 0.2) is 51.1 Å². The van der Waals surface area contributed by atoms with Crippen molar-refractivity contribution in [3.05, 3.63) is 42.4 Å². The molecule has 1 aromatic carbocycles. The number of amides is 1. The molecular formula is C21H25N5O4S2. The van der Waals surface area contributed by atoms with E-state index in [9.17, 15) is 13.2 Å². The van der Waals surface area contributed by atoms with Crippen molar-refractivity contribution in [3.8, 4) is 11.4 Å². The smallest absolute Gasteiger partial charge is 0.243 e. The second-order valence-electron chi connectivity index (χ2n) is 7.64. The quantitative estimate of drug-likeness (QED) is 0.522. The zero-order valence-corrected chi connectivity index (χ0v) is 19.7. The van der Waals surface area contributed by atoms with Gasteiger partial charge in [0, 0.05) is 25.8 Å². The van der Waals surface area contributed by atoms with E-state index in [1.54, 1.807) is 25.3 Å². The number of benzene rings is 1. The summed E-state index contributed by atoms with van der Waals surface area (Å²) in [5.74, 6) is 1.20. The molecule has 0 bridgehead atoms. The van der Waals surface area contributed by atoms with Crippen LogP contribution in [0.4, 0.5) is 5.69 Å². The Bertz CT molecular complexity index is 1210. The summed E-state index contributed by atoms with van der Waals surface area (Å²) in [4.78, 5) is 12.9. The number of rotatable bonds is 7. The number of nitrogens with one attached hydrogen (secondary N) is 1. The number of hydrogen-bond donors (Lipinski definition) is 1. The molecule has 0 saturated carbocycles. The number of hydrogen-bond acceptors (Lipinski definition) is 7. The molecule has 1 atom stereocenters.